The van der Waals surface area contributed by atoms with Crippen molar-refractivity contribution < 1.29 is 17.9 Å². The summed E-state index contributed by atoms with van der Waals surface area (Å²) in [5, 5.41) is 2.65. The summed E-state index contributed by atoms with van der Waals surface area (Å²) in [6.45, 7) is -0.300. The number of carbonyl (C=O) groups is 1. The number of methoxy groups -OCH3 is 1. The zero-order chi connectivity index (χ0) is 17.7. The number of nitrogens with zero attached hydrogens (tertiary/aromatic N) is 1. The highest BCUT2D eigenvalue weighted by atomic mass is 79.9. The Bertz CT molecular complexity index is 839. The largest absolute Gasteiger partial charge is 0.497 e. The Morgan fingerprint density at radius 3 is 2.58 bits per heavy atom. The molecule has 0 radical (unpaired) electrons. The fraction of sp³-hybridized carbons (Fsp3) is 0.188. The molecule has 8 heteroatoms. The summed E-state index contributed by atoms with van der Waals surface area (Å²) in [4.78, 5) is 12.2. The van der Waals surface area contributed by atoms with E-state index < -0.39 is 15.9 Å². The molecule has 1 amide bonds. The van der Waals surface area contributed by atoms with Gasteiger partial charge in [-0.3, -0.25) is 4.79 Å². The molecule has 0 saturated heterocycles. The van der Waals surface area contributed by atoms with Crippen LogP contribution in [0.1, 0.15) is 0 Å². The molecule has 0 saturated carbocycles. The van der Waals surface area contributed by atoms with Crippen molar-refractivity contribution in [3.63, 3.8) is 0 Å². The lowest BCUT2D eigenvalue weighted by molar-refractivity contribution is -0.116. The average Bonchev–Trinajstić information content (AvgIpc) is 2.54. The van der Waals surface area contributed by atoms with Gasteiger partial charge in [0.25, 0.3) is 0 Å². The van der Waals surface area contributed by atoms with Crippen molar-refractivity contribution in [2.24, 2.45) is 0 Å². The van der Waals surface area contributed by atoms with Gasteiger partial charge in [0, 0.05) is 23.3 Å². The van der Waals surface area contributed by atoms with E-state index >= 15 is 0 Å². The van der Waals surface area contributed by atoms with E-state index in [1.54, 1.807) is 36.4 Å². The lowest BCUT2D eigenvalue weighted by Crippen LogP contribution is -2.34. The van der Waals surface area contributed by atoms with E-state index in [9.17, 15) is 13.2 Å². The summed E-state index contributed by atoms with van der Waals surface area (Å²) in [6.07, 6.45) is 0. The average molecular weight is 413 g/mol. The number of ether oxygens (including phenoxy) is 1. The lowest BCUT2D eigenvalue weighted by Gasteiger charge is -2.17. The number of hydrogen-bond donors (Lipinski definition) is 1. The third-order valence-corrected chi connectivity index (χ3v) is 5.52. The van der Waals surface area contributed by atoms with Crippen LogP contribution in [0.25, 0.3) is 0 Å². The van der Waals surface area contributed by atoms with Gasteiger partial charge in [0.15, 0.2) is 0 Å². The second-order valence-corrected chi connectivity index (χ2v) is 7.96. The number of nitrogens with one attached hydrogen (secondary N) is 1. The first-order valence-corrected chi connectivity index (χ1v) is 9.22. The Balaban J connectivity index is 2.07. The molecular formula is C16H17BrN2O4S. The smallest absolute Gasteiger partial charge is 0.243 e. The first kappa shape index (κ1) is 18.4. The van der Waals surface area contributed by atoms with Crippen LogP contribution >= 0.6 is 15.9 Å². The summed E-state index contributed by atoms with van der Waals surface area (Å²) in [5.74, 6) is 0.159. The molecule has 2 aromatic carbocycles. The fourth-order valence-corrected chi connectivity index (χ4v) is 3.72. The minimum absolute atomic E-state index is 0.119. The zero-order valence-electron chi connectivity index (χ0n) is 13.2. The second kappa shape index (κ2) is 7.78. The fourth-order valence-electron chi connectivity index (χ4n) is 2.00. The number of rotatable bonds is 6. The molecule has 0 aliphatic carbocycles. The summed E-state index contributed by atoms with van der Waals surface area (Å²) >= 11 is 3.24. The number of anilines is 1. The standard InChI is InChI=1S/C16H17BrN2O4S/c1-19(24(21,22)15-8-3-5-12(17)9-15)11-16(20)18-13-6-4-7-14(10-13)23-2/h3-10H,11H2,1-2H3,(H,18,20). The van der Waals surface area contributed by atoms with E-state index in [1.807, 2.05) is 0 Å². The third-order valence-electron chi connectivity index (χ3n) is 3.22. The molecule has 0 aromatic heterocycles. The molecular weight excluding hydrogens is 396 g/mol. The van der Waals surface area contributed by atoms with Crippen LogP contribution in [0, 0.1) is 0 Å². The summed E-state index contributed by atoms with van der Waals surface area (Å²) in [6, 6.07) is 13.2. The SMILES string of the molecule is COc1cccc(NC(=O)CN(C)S(=O)(=O)c2cccc(Br)c2)c1. The number of likely N-dealkylation sites (N-methyl/N-ethyl adjacent to an activating group) is 1. The highest BCUT2D eigenvalue weighted by molar-refractivity contribution is 9.10. The first-order valence-electron chi connectivity index (χ1n) is 6.99. The van der Waals surface area contributed by atoms with E-state index in [0.717, 1.165) is 4.31 Å². The van der Waals surface area contributed by atoms with Crippen LogP contribution in [-0.4, -0.2) is 39.3 Å². The molecule has 0 atom stereocenters. The van der Waals surface area contributed by atoms with Gasteiger partial charge >= 0.3 is 0 Å². The van der Waals surface area contributed by atoms with E-state index in [2.05, 4.69) is 21.2 Å². The zero-order valence-corrected chi connectivity index (χ0v) is 15.6. The second-order valence-electron chi connectivity index (χ2n) is 5.00. The van der Waals surface area contributed by atoms with E-state index in [4.69, 9.17) is 4.74 Å². The van der Waals surface area contributed by atoms with E-state index in [-0.39, 0.29) is 11.4 Å². The number of carbonyl (C=O) groups excluding carboxylic acids is 1. The van der Waals surface area contributed by atoms with Gasteiger partial charge in [0.2, 0.25) is 15.9 Å². The van der Waals surface area contributed by atoms with Gasteiger partial charge < -0.3 is 10.1 Å². The van der Waals surface area contributed by atoms with Crippen molar-refractivity contribution in [2.75, 3.05) is 26.0 Å². The quantitative estimate of drug-likeness (QED) is 0.790. The van der Waals surface area contributed by atoms with Crippen LogP contribution in [0.2, 0.25) is 0 Å². The highest BCUT2D eigenvalue weighted by Gasteiger charge is 2.23. The summed E-state index contributed by atoms with van der Waals surface area (Å²) < 4.78 is 31.7. The number of sulfonamides is 1. The van der Waals surface area contributed by atoms with Gasteiger partial charge in [-0.15, -0.1) is 0 Å². The normalized spacial score (nSPS) is 11.3. The number of amides is 1. The number of hydrogen-bond acceptors (Lipinski definition) is 4. The van der Waals surface area contributed by atoms with Crippen LogP contribution in [-0.2, 0) is 14.8 Å². The van der Waals surface area contributed by atoms with Gasteiger partial charge in [-0.25, -0.2) is 8.42 Å². The molecule has 0 spiro atoms. The Morgan fingerprint density at radius 2 is 1.92 bits per heavy atom. The molecule has 128 valence electrons. The molecule has 2 aromatic rings. The molecule has 1 N–H and O–H groups in total. The van der Waals surface area contributed by atoms with Crippen molar-refractivity contribution >= 4 is 37.5 Å². The summed E-state index contributed by atoms with van der Waals surface area (Å²) in [7, 11) is -0.854. The maximum atomic E-state index is 12.5. The topological polar surface area (TPSA) is 75.7 Å². The Hall–Kier alpha value is -1.90. The van der Waals surface area contributed by atoms with Gasteiger partial charge in [0.05, 0.1) is 18.6 Å². The molecule has 6 nitrogen and oxygen atoms in total. The molecule has 0 heterocycles. The maximum absolute atomic E-state index is 12.5. The predicted molar refractivity (Wildman–Crippen MR) is 95.6 cm³/mol. The van der Waals surface area contributed by atoms with Gasteiger partial charge in [-0.1, -0.05) is 28.1 Å². The first-order chi connectivity index (χ1) is 11.3. The maximum Gasteiger partial charge on any atom is 0.243 e. The minimum Gasteiger partial charge on any atom is -0.497 e. The molecule has 0 aliphatic heterocycles. The number of halogens is 1. The van der Waals surface area contributed by atoms with E-state index in [1.165, 1.54) is 26.3 Å². The molecule has 0 fully saturated rings. The number of benzene rings is 2. The van der Waals surface area contributed by atoms with Crippen LogP contribution in [0.15, 0.2) is 57.9 Å². The van der Waals surface area contributed by atoms with Crippen molar-refractivity contribution in [2.45, 2.75) is 4.90 Å². The van der Waals surface area contributed by atoms with Crippen molar-refractivity contribution in [3.05, 3.63) is 53.0 Å². The summed E-state index contributed by atoms with van der Waals surface area (Å²) in [5.41, 5.74) is 0.535. The van der Waals surface area contributed by atoms with Crippen LogP contribution in [0.5, 0.6) is 5.75 Å². The molecule has 2 rings (SSSR count). The van der Waals surface area contributed by atoms with Crippen molar-refractivity contribution in [1.82, 2.24) is 4.31 Å². The molecule has 0 bridgehead atoms. The Kier molecular flexibility index (Phi) is 5.98. The van der Waals surface area contributed by atoms with Gasteiger partial charge in [0.1, 0.15) is 5.75 Å². The predicted octanol–water partition coefficient (Wildman–Crippen LogP) is 2.72. The Labute approximate surface area is 149 Å². The van der Waals surface area contributed by atoms with E-state index in [0.29, 0.717) is 15.9 Å². The molecule has 0 unspecified atom stereocenters. The molecule has 0 aliphatic rings. The molecule has 24 heavy (non-hydrogen) atoms. The van der Waals surface area contributed by atoms with Crippen LogP contribution in [0.4, 0.5) is 5.69 Å². The highest BCUT2D eigenvalue weighted by Crippen LogP contribution is 2.20. The lowest BCUT2D eigenvalue weighted by atomic mass is 10.3. The van der Waals surface area contributed by atoms with Gasteiger partial charge in [-0.05, 0) is 30.3 Å². The third kappa shape index (κ3) is 4.56. The minimum atomic E-state index is -3.74. The van der Waals surface area contributed by atoms with Gasteiger partial charge in [-0.2, -0.15) is 4.31 Å². The van der Waals surface area contributed by atoms with Crippen molar-refractivity contribution in [1.29, 1.82) is 0 Å². The van der Waals surface area contributed by atoms with Crippen LogP contribution in [0.3, 0.4) is 0 Å². The van der Waals surface area contributed by atoms with Crippen LogP contribution < -0.4 is 10.1 Å². The monoisotopic (exact) mass is 412 g/mol. The van der Waals surface area contributed by atoms with Crippen molar-refractivity contribution in [3.8, 4) is 5.75 Å². The Morgan fingerprint density at radius 1 is 1.21 bits per heavy atom.